The van der Waals surface area contributed by atoms with Gasteiger partial charge in [-0.15, -0.1) is 0 Å². The molecule has 0 atom stereocenters. The van der Waals surface area contributed by atoms with Crippen LogP contribution in [0.15, 0.2) is 72.8 Å². The lowest BCUT2D eigenvalue weighted by Gasteiger charge is -2.14. The first-order valence-corrected chi connectivity index (χ1v) is 9.17. The second kappa shape index (κ2) is 6.04. The van der Waals surface area contributed by atoms with Crippen LogP contribution < -0.4 is 0 Å². The zero-order chi connectivity index (χ0) is 19.4. The molecule has 0 amide bonds. The van der Waals surface area contributed by atoms with Crippen molar-refractivity contribution in [2.24, 2.45) is 0 Å². The smallest absolute Gasteiger partial charge is 0.336 e. The number of carboxylic acid groups (broad SMARTS) is 1. The number of halogens is 1. The molecule has 1 N–H and O–H groups in total. The zero-order valence-corrected chi connectivity index (χ0v) is 15.3. The number of hydrogen-bond donors (Lipinski definition) is 1. The van der Waals surface area contributed by atoms with Gasteiger partial charge >= 0.3 is 5.97 Å². The number of carbonyl (C=O) groups is 2. The van der Waals surface area contributed by atoms with Gasteiger partial charge in [0.1, 0.15) is 0 Å². The van der Waals surface area contributed by atoms with Crippen molar-refractivity contribution in [3.8, 4) is 0 Å². The average Bonchev–Trinajstić information content (AvgIpc) is 2.71. The lowest BCUT2D eigenvalue weighted by molar-refractivity contribution is 0.0693. The number of carbonyl (C=O) groups excluding carboxylic acids is 1. The van der Waals surface area contributed by atoms with Crippen LogP contribution >= 0.6 is 11.6 Å². The van der Waals surface area contributed by atoms with E-state index in [4.69, 9.17) is 11.6 Å². The molecule has 134 valence electrons. The van der Waals surface area contributed by atoms with Gasteiger partial charge in [-0.2, -0.15) is 0 Å². The number of carboxylic acids is 1. The number of benzene rings is 5. The minimum Gasteiger partial charge on any atom is -0.478 e. The first kappa shape index (κ1) is 16.7. The Balaban J connectivity index is 1.86. The molecule has 0 fully saturated rings. The first-order chi connectivity index (χ1) is 13.6. The molecular weight excluding hydrogens is 372 g/mol. The van der Waals surface area contributed by atoms with Gasteiger partial charge in [0.2, 0.25) is 0 Å². The summed E-state index contributed by atoms with van der Waals surface area (Å²) in [6.07, 6.45) is 0. The summed E-state index contributed by atoms with van der Waals surface area (Å²) < 4.78 is 0. The van der Waals surface area contributed by atoms with Crippen molar-refractivity contribution in [2.45, 2.75) is 0 Å². The SMILES string of the molecule is O=C(O)c1cccc(Cl)c1C(=O)c1ccc2ccc3cccc4ccc1c2c34. The van der Waals surface area contributed by atoms with Crippen LogP contribution in [0, 0.1) is 0 Å². The molecule has 0 aliphatic carbocycles. The minimum absolute atomic E-state index is 0.0201. The fourth-order valence-electron chi connectivity index (χ4n) is 4.00. The maximum absolute atomic E-state index is 13.4. The average molecular weight is 385 g/mol. The molecule has 0 heterocycles. The van der Waals surface area contributed by atoms with E-state index in [-0.39, 0.29) is 21.9 Å². The summed E-state index contributed by atoms with van der Waals surface area (Å²) >= 11 is 6.24. The fraction of sp³-hybridized carbons (Fsp3) is 0. The van der Waals surface area contributed by atoms with Crippen LogP contribution in [0.25, 0.3) is 32.3 Å². The van der Waals surface area contributed by atoms with E-state index in [1.807, 2.05) is 42.5 Å². The maximum Gasteiger partial charge on any atom is 0.336 e. The molecule has 0 bridgehead atoms. The molecule has 4 heteroatoms. The summed E-state index contributed by atoms with van der Waals surface area (Å²) in [7, 11) is 0. The van der Waals surface area contributed by atoms with Gasteiger partial charge in [0.15, 0.2) is 5.78 Å². The molecule has 5 rings (SSSR count). The summed E-state index contributed by atoms with van der Waals surface area (Å²) in [6, 6.07) is 22.3. The number of ketones is 1. The van der Waals surface area contributed by atoms with E-state index >= 15 is 0 Å². The Hall–Kier alpha value is -3.43. The summed E-state index contributed by atoms with van der Waals surface area (Å²) in [5, 5.41) is 15.8. The van der Waals surface area contributed by atoms with E-state index < -0.39 is 5.97 Å². The number of aromatic carboxylic acids is 1. The van der Waals surface area contributed by atoms with Crippen molar-refractivity contribution in [1.82, 2.24) is 0 Å². The van der Waals surface area contributed by atoms with Gasteiger partial charge in [0.05, 0.1) is 16.1 Å². The molecule has 5 aromatic rings. The third kappa shape index (κ3) is 2.30. The minimum atomic E-state index is -1.18. The lowest BCUT2D eigenvalue weighted by atomic mass is 9.89. The molecule has 0 aliphatic rings. The normalized spacial score (nSPS) is 11.5. The van der Waals surface area contributed by atoms with Crippen molar-refractivity contribution in [1.29, 1.82) is 0 Å². The Morgan fingerprint density at radius 3 is 2.00 bits per heavy atom. The molecule has 0 spiro atoms. The van der Waals surface area contributed by atoms with Crippen LogP contribution in [0.5, 0.6) is 0 Å². The van der Waals surface area contributed by atoms with E-state index in [0.717, 1.165) is 32.3 Å². The molecule has 28 heavy (non-hydrogen) atoms. The lowest BCUT2D eigenvalue weighted by Crippen LogP contribution is -2.11. The Morgan fingerprint density at radius 2 is 1.29 bits per heavy atom. The first-order valence-electron chi connectivity index (χ1n) is 8.79. The molecule has 0 aliphatic heterocycles. The standard InChI is InChI=1S/C24H13ClO3/c25-19-6-2-5-18(24(27)28)22(19)23(26)17-12-10-15-8-7-13-3-1-4-14-9-11-16(17)21(15)20(13)14/h1-12H,(H,27,28). The van der Waals surface area contributed by atoms with Crippen LogP contribution in [-0.4, -0.2) is 16.9 Å². The quantitative estimate of drug-likeness (QED) is 0.299. The predicted molar refractivity (Wildman–Crippen MR) is 112 cm³/mol. The fourth-order valence-corrected chi connectivity index (χ4v) is 4.26. The summed E-state index contributed by atoms with van der Waals surface area (Å²) in [5.41, 5.74) is 0.372. The third-order valence-electron chi connectivity index (χ3n) is 5.24. The Morgan fingerprint density at radius 1 is 0.679 bits per heavy atom. The van der Waals surface area contributed by atoms with Crippen molar-refractivity contribution < 1.29 is 14.7 Å². The summed E-state index contributed by atoms with van der Waals surface area (Å²) in [5.74, 6) is -1.57. The van der Waals surface area contributed by atoms with E-state index in [9.17, 15) is 14.7 Å². The molecule has 0 saturated carbocycles. The summed E-state index contributed by atoms with van der Waals surface area (Å²) in [6.45, 7) is 0. The van der Waals surface area contributed by atoms with Crippen molar-refractivity contribution >= 4 is 55.7 Å². The highest BCUT2D eigenvalue weighted by atomic mass is 35.5. The van der Waals surface area contributed by atoms with Gasteiger partial charge in [-0.3, -0.25) is 4.79 Å². The van der Waals surface area contributed by atoms with Gasteiger partial charge in [-0.1, -0.05) is 66.2 Å². The van der Waals surface area contributed by atoms with Gasteiger partial charge in [0.25, 0.3) is 0 Å². The molecule has 0 saturated heterocycles. The van der Waals surface area contributed by atoms with Gasteiger partial charge in [-0.05, 0) is 50.5 Å². The Bertz CT molecular complexity index is 1400. The Labute approximate surface area is 165 Å². The van der Waals surface area contributed by atoms with Crippen LogP contribution in [-0.2, 0) is 0 Å². The molecular formula is C24H13ClO3. The van der Waals surface area contributed by atoms with Crippen LogP contribution in [0.1, 0.15) is 26.3 Å². The monoisotopic (exact) mass is 384 g/mol. The van der Waals surface area contributed by atoms with Crippen LogP contribution in [0.2, 0.25) is 5.02 Å². The maximum atomic E-state index is 13.4. The Kier molecular flexibility index (Phi) is 3.61. The largest absolute Gasteiger partial charge is 0.478 e. The van der Waals surface area contributed by atoms with Gasteiger partial charge < -0.3 is 5.11 Å². The number of hydrogen-bond acceptors (Lipinski definition) is 2. The van der Waals surface area contributed by atoms with E-state index in [0.29, 0.717) is 5.56 Å². The second-order valence-corrected chi connectivity index (χ2v) is 7.17. The van der Waals surface area contributed by atoms with Gasteiger partial charge in [0, 0.05) is 5.56 Å². The van der Waals surface area contributed by atoms with Gasteiger partial charge in [-0.25, -0.2) is 4.79 Å². The topological polar surface area (TPSA) is 54.4 Å². The molecule has 0 aromatic heterocycles. The highest BCUT2D eigenvalue weighted by Crippen LogP contribution is 2.37. The molecule has 0 radical (unpaired) electrons. The van der Waals surface area contributed by atoms with Crippen molar-refractivity contribution in [3.63, 3.8) is 0 Å². The molecule has 3 nitrogen and oxygen atoms in total. The van der Waals surface area contributed by atoms with E-state index in [1.54, 1.807) is 6.07 Å². The molecule has 0 unspecified atom stereocenters. The van der Waals surface area contributed by atoms with Crippen molar-refractivity contribution in [3.05, 3.63) is 94.5 Å². The number of rotatable bonds is 3. The van der Waals surface area contributed by atoms with Crippen LogP contribution in [0.4, 0.5) is 0 Å². The highest BCUT2D eigenvalue weighted by Gasteiger charge is 2.23. The van der Waals surface area contributed by atoms with E-state index in [1.165, 1.54) is 18.2 Å². The molecule has 5 aromatic carbocycles. The summed E-state index contributed by atoms with van der Waals surface area (Å²) in [4.78, 5) is 25.0. The third-order valence-corrected chi connectivity index (χ3v) is 5.56. The zero-order valence-electron chi connectivity index (χ0n) is 14.6. The second-order valence-electron chi connectivity index (χ2n) is 6.77. The van der Waals surface area contributed by atoms with Crippen molar-refractivity contribution in [2.75, 3.05) is 0 Å². The predicted octanol–water partition coefficient (Wildman–Crippen LogP) is 6.17. The van der Waals surface area contributed by atoms with Crippen LogP contribution in [0.3, 0.4) is 0 Å². The highest BCUT2D eigenvalue weighted by molar-refractivity contribution is 6.37. The van der Waals surface area contributed by atoms with E-state index in [2.05, 4.69) is 6.07 Å².